The quantitative estimate of drug-likeness (QED) is 0.626. The van der Waals surface area contributed by atoms with Crippen LogP contribution in [0.4, 0.5) is 11.4 Å². The summed E-state index contributed by atoms with van der Waals surface area (Å²) in [5.41, 5.74) is 5.19. The lowest BCUT2D eigenvalue weighted by Crippen LogP contribution is -2.17. The highest BCUT2D eigenvalue weighted by Crippen LogP contribution is 2.23. The summed E-state index contributed by atoms with van der Waals surface area (Å²) in [6.45, 7) is 7.58. The zero-order valence-corrected chi connectivity index (χ0v) is 17.7. The number of sulfonamides is 1. The molecule has 0 bridgehead atoms. The molecule has 0 saturated carbocycles. The van der Waals surface area contributed by atoms with Crippen molar-refractivity contribution in [1.82, 2.24) is 0 Å². The smallest absolute Gasteiger partial charge is 0.261 e. The lowest BCUT2D eigenvalue weighted by atomic mass is 10.1. The normalized spacial score (nSPS) is 11.2. The zero-order chi connectivity index (χ0) is 21.2. The van der Waals surface area contributed by atoms with Crippen molar-refractivity contribution in [3.05, 3.63) is 88.5 Å². The van der Waals surface area contributed by atoms with Crippen LogP contribution in [0.25, 0.3) is 0 Å². The number of hydrogen-bond acceptors (Lipinski definition) is 3. The molecule has 5 nitrogen and oxygen atoms in total. The third kappa shape index (κ3) is 4.66. The molecule has 0 fully saturated rings. The summed E-state index contributed by atoms with van der Waals surface area (Å²) in [6, 6.07) is 17.3. The second-order valence-corrected chi connectivity index (χ2v) is 8.84. The molecular weight excluding hydrogens is 384 g/mol. The molecule has 150 valence electrons. The fraction of sp³-hybridized carbons (Fsp3) is 0.174. The van der Waals surface area contributed by atoms with Crippen molar-refractivity contribution in [2.75, 3.05) is 10.0 Å². The Balaban J connectivity index is 1.91. The predicted molar refractivity (Wildman–Crippen MR) is 117 cm³/mol. The van der Waals surface area contributed by atoms with Crippen molar-refractivity contribution < 1.29 is 13.2 Å². The third-order valence-corrected chi connectivity index (χ3v) is 6.27. The summed E-state index contributed by atoms with van der Waals surface area (Å²) >= 11 is 0. The molecule has 29 heavy (non-hydrogen) atoms. The van der Waals surface area contributed by atoms with E-state index in [-0.39, 0.29) is 10.8 Å². The molecule has 0 aliphatic carbocycles. The van der Waals surface area contributed by atoms with E-state index in [0.29, 0.717) is 22.5 Å². The van der Waals surface area contributed by atoms with E-state index in [9.17, 15) is 13.2 Å². The first-order chi connectivity index (χ1) is 13.7. The van der Waals surface area contributed by atoms with Gasteiger partial charge in [-0.05, 0) is 80.3 Å². The topological polar surface area (TPSA) is 75.3 Å². The molecule has 1 amide bonds. The minimum Gasteiger partial charge on any atom is -0.322 e. The molecule has 3 aromatic carbocycles. The van der Waals surface area contributed by atoms with E-state index < -0.39 is 10.0 Å². The number of carbonyl (C=O) groups excluding carboxylic acids is 1. The van der Waals surface area contributed by atoms with Crippen molar-refractivity contribution in [3.63, 3.8) is 0 Å². The molecule has 0 unspecified atom stereocenters. The van der Waals surface area contributed by atoms with Crippen LogP contribution in [0.5, 0.6) is 0 Å². The molecule has 3 rings (SSSR count). The Morgan fingerprint density at radius 3 is 2.28 bits per heavy atom. The summed E-state index contributed by atoms with van der Waals surface area (Å²) in [4.78, 5) is 12.9. The van der Waals surface area contributed by atoms with E-state index in [0.717, 1.165) is 16.7 Å². The molecule has 3 aromatic rings. The minimum atomic E-state index is -3.82. The molecule has 0 atom stereocenters. The lowest BCUT2D eigenvalue weighted by molar-refractivity contribution is 0.102. The van der Waals surface area contributed by atoms with E-state index in [1.165, 1.54) is 12.1 Å². The second-order valence-electron chi connectivity index (χ2n) is 7.15. The van der Waals surface area contributed by atoms with Crippen LogP contribution < -0.4 is 10.0 Å². The van der Waals surface area contributed by atoms with Gasteiger partial charge in [-0.15, -0.1) is 0 Å². The summed E-state index contributed by atoms with van der Waals surface area (Å²) in [5.74, 6) is -0.344. The average Bonchev–Trinajstić information content (AvgIpc) is 2.65. The van der Waals surface area contributed by atoms with Crippen LogP contribution in [-0.4, -0.2) is 14.3 Å². The Bertz CT molecular complexity index is 1180. The van der Waals surface area contributed by atoms with Gasteiger partial charge in [-0.25, -0.2) is 8.42 Å². The highest BCUT2D eigenvalue weighted by Gasteiger charge is 2.19. The standard InChI is InChI=1S/C23H24N2O3S/c1-15-7-5-9-19(13-15)25-29(27,28)20-12-11-17(3)21(14-20)23(26)24-22-10-6-8-16(2)18(22)4/h5-14,25H,1-4H3,(H,24,26). The SMILES string of the molecule is Cc1cccc(NS(=O)(=O)c2ccc(C)c(C(=O)Nc3cccc(C)c3C)c2)c1. The number of benzene rings is 3. The molecule has 0 aliphatic heterocycles. The second kappa shape index (κ2) is 8.09. The molecule has 0 aliphatic rings. The van der Waals surface area contributed by atoms with Crippen molar-refractivity contribution in [3.8, 4) is 0 Å². The summed E-state index contributed by atoms with van der Waals surface area (Å²) in [7, 11) is -3.82. The summed E-state index contributed by atoms with van der Waals surface area (Å²) in [6.07, 6.45) is 0. The Morgan fingerprint density at radius 1 is 0.828 bits per heavy atom. The van der Waals surface area contributed by atoms with Crippen LogP contribution in [0.1, 0.15) is 32.6 Å². The van der Waals surface area contributed by atoms with E-state index in [1.807, 2.05) is 45.0 Å². The van der Waals surface area contributed by atoms with Crippen LogP contribution in [0.15, 0.2) is 65.6 Å². The summed E-state index contributed by atoms with van der Waals surface area (Å²) < 4.78 is 28.2. The Hall–Kier alpha value is -3.12. The third-order valence-electron chi connectivity index (χ3n) is 4.89. The number of hydrogen-bond donors (Lipinski definition) is 2. The molecule has 0 aromatic heterocycles. The first-order valence-electron chi connectivity index (χ1n) is 9.25. The Labute approximate surface area is 171 Å². The maximum absolute atomic E-state index is 12.9. The van der Waals surface area contributed by atoms with Crippen molar-refractivity contribution in [1.29, 1.82) is 0 Å². The fourth-order valence-electron chi connectivity index (χ4n) is 3.01. The average molecular weight is 409 g/mol. The van der Waals surface area contributed by atoms with Gasteiger partial charge in [-0.1, -0.05) is 30.3 Å². The number of aryl methyl sites for hydroxylation is 3. The molecule has 2 N–H and O–H groups in total. The van der Waals surface area contributed by atoms with Gasteiger partial charge in [-0.3, -0.25) is 9.52 Å². The maximum Gasteiger partial charge on any atom is 0.261 e. The fourth-order valence-corrected chi connectivity index (χ4v) is 4.09. The van der Waals surface area contributed by atoms with Gasteiger partial charge in [0, 0.05) is 16.9 Å². The van der Waals surface area contributed by atoms with Gasteiger partial charge in [0.1, 0.15) is 0 Å². The number of carbonyl (C=O) groups is 1. The number of amides is 1. The highest BCUT2D eigenvalue weighted by atomic mass is 32.2. The Kier molecular flexibility index (Phi) is 5.75. The number of rotatable bonds is 5. The van der Waals surface area contributed by atoms with E-state index >= 15 is 0 Å². The van der Waals surface area contributed by atoms with E-state index in [4.69, 9.17) is 0 Å². The molecule has 6 heteroatoms. The van der Waals surface area contributed by atoms with E-state index in [1.54, 1.807) is 31.2 Å². The van der Waals surface area contributed by atoms with Crippen LogP contribution in [0.2, 0.25) is 0 Å². The number of nitrogens with one attached hydrogen (secondary N) is 2. The highest BCUT2D eigenvalue weighted by molar-refractivity contribution is 7.92. The monoisotopic (exact) mass is 408 g/mol. The van der Waals surface area contributed by atoms with Crippen LogP contribution in [-0.2, 0) is 10.0 Å². The molecule has 0 saturated heterocycles. The van der Waals surface area contributed by atoms with Crippen molar-refractivity contribution in [2.45, 2.75) is 32.6 Å². The van der Waals surface area contributed by atoms with Gasteiger partial charge in [-0.2, -0.15) is 0 Å². The Morgan fingerprint density at radius 2 is 1.55 bits per heavy atom. The van der Waals surface area contributed by atoms with Crippen molar-refractivity contribution in [2.24, 2.45) is 0 Å². The molecule has 0 spiro atoms. The van der Waals surface area contributed by atoms with Gasteiger partial charge in [0.2, 0.25) is 0 Å². The zero-order valence-electron chi connectivity index (χ0n) is 16.9. The van der Waals surface area contributed by atoms with E-state index in [2.05, 4.69) is 10.0 Å². The number of anilines is 2. The molecular formula is C23H24N2O3S. The van der Waals surface area contributed by atoms with Crippen molar-refractivity contribution >= 4 is 27.3 Å². The molecule has 0 heterocycles. The van der Waals surface area contributed by atoms with Gasteiger partial charge < -0.3 is 5.32 Å². The summed E-state index contributed by atoms with van der Waals surface area (Å²) in [5, 5.41) is 2.89. The lowest BCUT2D eigenvalue weighted by Gasteiger charge is -2.14. The van der Waals surface area contributed by atoms with Gasteiger partial charge in [0.25, 0.3) is 15.9 Å². The predicted octanol–water partition coefficient (Wildman–Crippen LogP) is 4.97. The first kappa shape index (κ1) is 20.6. The minimum absolute atomic E-state index is 0.0377. The van der Waals surface area contributed by atoms with Crippen LogP contribution in [0.3, 0.4) is 0 Å². The van der Waals surface area contributed by atoms with Gasteiger partial charge >= 0.3 is 0 Å². The first-order valence-corrected chi connectivity index (χ1v) is 10.7. The van der Waals surface area contributed by atoms with Crippen LogP contribution in [0, 0.1) is 27.7 Å². The largest absolute Gasteiger partial charge is 0.322 e. The maximum atomic E-state index is 12.9. The van der Waals surface area contributed by atoms with Gasteiger partial charge in [0.05, 0.1) is 4.90 Å². The van der Waals surface area contributed by atoms with Gasteiger partial charge in [0.15, 0.2) is 0 Å². The molecule has 0 radical (unpaired) electrons. The van der Waals surface area contributed by atoms with Crippen LogP contribution >= 0.6 is 0 Å².